The molecule has 0 heterocycles. The van der Waals surface area contributed by atoms with E-state index in [-0.39, 0.29) is 12.2 Å². The number of carboxylic acids is 1. The summed E-state index contributed by atoms with van der Waals surface area (Å²) in [6.07, 6.45) is -0.146. The summed E-state index contributed by atoms with van der Waals surface area (Å²) in [6, 6.07) is 15.1. The molecule has 0 saturated carbocycles. The first-order chi connectivity index (χ1) is 9.58. The van der Waals surface area contributed by atoms with E-state index >= 15 is 0 Å². The van der Waals surface area contributed by atoms with Crippen LogP contribution in [0.1, 0.15) is 28.3 Å². The minimum Gasteiger partial charge on any atom is -0.549 e. The molecule has 4 heteroatoms. The maximum absolute atomic E-state index is 12.1. The predicted molar refractivity (Wildman–Crippen MR) is 74.6 cm³/mol. The minimum atomic E-state index is -1.28. The molecule has 0 aliphatic carbocycles. The Hall–Kier alpha value is -2.13. The van der Waals surface area contributed by atoms with E-state index in [1.165, 1.54) is 0 Å². The van der Waals surface area contributed by atoms with Gasteiger partial charge in [-0.05, 0) is 17.7 Å². The number of aliphatic carboxylic acids is 1. The lowest BCUT2D eigenvalue weighted by molar-refractivity contribution is -0.307. The molecule has 0 saturated heterocycles. The normalized spacial score (nSPS) is 11.8. The summed E-state index contributed by atoms with van der Waals surface area (Å²) < 4.78 is 0. The van der Waals surface area contributed by atoms with Crippen molar-refractivity contribution in [2.75, 3.05) is 0 Å². The second-order valence-corrected chi connectivity index (χ2v) is 4.86. The first-order valence-electron chi connectivity index (χ1n) is 6.12. The molecule has 3 nitrogen and oxygen atoms in total. The Balaban J connectivity index is 2.23. The van der Waals surface area contributed by atoms with Gasteiger partial charge in [-0.15, -0.1) is 0 Å². The molecule has 0 aliphatic heterocycles. The molecule has 20 heavy (non-hydrogen) atoms. The van der Waals surface area contributed by atoms with Gasteiger partial charge in [0, 0.05) is 28.9 Å². The summed E-state index contributed by atoms with van der Waals surface area (Å²) in [5, 5.41) is 11.7. The van der Waals surface area contributed by atoms with Crippen molar-refractivity contribution in [1.82, 2.24) is 0 Å². The molecule has 2 aromatic rings. The standard InChI is InChI=1S/C16H13ClO3/c17-13-8-4-7-12(9-13)14(16(19)20)10-15(18)11-5-2-1-3-6-11/h1-9,14H,10H2,(H,19,20)/p-1/t14-/m0/s1. The van der Waals surface area contributed by atoms with E-state index in [1.54, 1.807) is 54.6 Å². The van der Waals surface area contributed by atoms with E-state index in [0.29, 0.717) is 16.1 Å². The van der Waals surface area contributed by atoms with Crippen LogP contribution in [0.3, 0.4) is 0 Å². The second-order valence-electron chi connectivity index (χ2n) is 4.42. The van der Waals surface area contributed by atoms with Crippen LogP contribution in [-0.4, -0.2) is 11.8 Å². The lowest BCUT2D eigenvalue weighted by Crippen LogP contribution is -2.31. The van der Waals surface area contributed by atoms with Crippen molar-refractivity contribution >= 4 is 23.4 Å². The van der Waals surface area contributed by atoms with Crippen molar-refractivity contribution in [3.8, 4) is 0 Å². The number of hydrogen-bond acceptors (Lipinski definition) is 3. The van der Waals surface area contributed by atoms with Crippen LogP contribution in [0.15, 0.2) is 54.6 Å². The lowest BCUT2D eigenvalue weighted by atomic mass is 9.92. The number of hydrogen-bond donors (Lipinski definition) is 0. The largest absolute Gasteiger partial charge is 0.549 e. The van der Waals surface area contributed by atoms with Crippen molar-refractivity contribution in [3.05, 3.63) is 70.7 Å². The van der Waals surface area contributed by atoms with E-state index in [9.17, 15) is 14.7 Å². The van der Waals surface area contributed by atoms with Gasteiger partial charge in [0.1, 0.15) is 0 Å². The first kappa shape index (κ1) is 14.3. The van der Waals surface area contributed by atoms with Gasteiger partial charge in [0.2, 0.25) is 0 Å². The number of ketones is 1. The Morgan fingerprint density at radius 1 is 1.05 bits per heavy atom. The van der Waals surface area contributed by atoms with Gasteiger partial charge in [0.05, 0.1) is 0 Å². The van der Waals surface area contributed by atoms with Gasteiger partial charge in [-0.25, -0.2) is 0 Å². The van der Waals surface area contributed by atoms with Gasteiger partial charge in [-0.3, -0.25) is 4.79 Å². The Labute approximate surface area is 121 Å². The van der Waals surface area contributed by atoms with Gasteiger partial charge in [-0.2, -0.15) is 0 Å². The van der Waals surface area contributed by atoms with Crippen LogP contribution in [0.2, 0.25) is 5.02 Å². The third-order valence-corrected chi connectivity index (χ3v) is 3.26. The number of carbonyl (C=O) groups excluding carboxylic acids is 2. The molecular weight excluding hydrogens is 276 g/mol. The molecule has 0 radical (unpaired) electrons. The average Bonchev–Trinajstić information content (AvgIpc) is 2.45. The fourth-order valence-corrected chi connectivity index (χ4v) is 2.19. The summed E-state index contributed by atoms with van der Waals surface area (Å²) in [6.45, 7) is 0. The molecule has 0 amide bonds. The molecular formula is C16H12ClO3-. The molecule has 102 valence electrons. The molecule has 0 N–H and O–H groups in total. The van der Waals surface area contributed by atoms with Crippen molar-refractivity contribution < 1.29 is 14.7 Å². The number of halogens is 1. The summed E-state index contributed by atoms with van der Waals surface area (Å²) in [5.41, 5.74) is 0.961. The van der Waals surface area contributed by atoms with Crippen molar-refractivity contribution in [1.29, 1.82) is 0 Å². The van der Waals surface area contributed by atoms with Crippen molar-refractivity contribution in [2.45, 2.75) is 12.3 Å². The van der Waals surface area contributed by atoms with E-state index in [4.69, 9.17) is 11.6 Å². The predicted octanol–water partition coefficient (Wildman–Crippen LogP) is 2.45. The second kappa shape index (κ2) is 6.35. The summed E-state index contributed by atoms with van der Waals surface area (Å²) >= 11 is 5.85. The third kappa shape index (κ3) is 3.45. The van der Waals surface area contributed by atoms with Crippen LogP contribution in [0, 0.1) is 0 Å². The maximum atomic E-state index is 12.1. The lowest BCUT2D eigenvalue weighted by Gasteiger charge is -2.18. The molecule has 0 spiro atoms. The van der Waals surface area contributed by atoms with Gasteiger partial charge in [0.15, 0.2) is 5.78 Å². The Morgan fingerprint density at radius 2 is 1.75 bits per heavy atom. The molecule has 0 aromatic heterocycles. The zero-order valence-electron chi connectivity index (χ0n) is 10.6. The molecule has 1 atom stereocenters. The summed E-state index contributed by atoms with van der Waals surface area (Å²) in [7, 11) is 0. The summed E-state index contributed by atoms with van der Waals surface area (Å²) in [4.78, 5) is 23.4. The third-order valence-electron chi connectivity index (χ3n) is 3.02. The van der Waals surface area contributed by atoms with Crippen molar-refractivity contribution in [2.24, 2.45) is 0 Å². The number of rotatable bonds is 5. The highest BCUT2D eigenvalue weighted by molar-refractivity contribution is 6.30. The minimum absolute atomic E-state index is 0.146. The summed E-state index contributed by atoms with van der Waals surface area (Å²) in [5.74, 6) is -2.52. The SMILES string of the molecule is O=C(C[C@H](C(=O)[O-])c1cccc(Cl)c1)c1ccccc1. The Kier molecular flexibility index (Phi) is 4.53. The quantitative estimate of drug-likeness (QED) is 0.794. The van der Waals surface area contributed by atoms with Gasteiger partial charge in [-0.1, -0.05) is 54.1 Å². The molecule has 0 fully saturated rings. The van der Waals surface area contributed by atoms with Gasteiger partial charge in [0.25, 0.3) is 0 Å². The van der Waals surface area contributed by atoms with Crippen LogP contribution in [0.5, 0.6) is 0 Å². The van der Waals surface area contributed by atoms with Crippen molar-refractivity contribution in [3.63, 3.8) is 0 Å². The highest BCUT2D eigenvalue weighted by atomic mass is 35.5. The zero-order chi connectivity index (χ0) is 14.5. The topological polar surface area (TPSA) is 57.2 Å². The van der Waals surface area contributed by atoms with Crippen LogP contribution < -0.4 is 5.11 Å². The highest BCUT2D eigenvalue weighted by Gasteiger charge is 2.18. The van der Waals surface area contributed by atoms with E-state index < -0.39 is 11.9 Å². The van der Waals surface area contributed by atoms with E-state index in [2.05, 4.69) is 0 Å². The monoisotopic (exact) mass is 287 g/mol. The number of carbonyl (C=O) groups is 2. The molecule has 2 aromatic carbocycles. The number of benzene rings is 2. The average molecular weight is 288 g/mol. The molecule has 0 bridgehead atoms. The maximum Gasteiger partial charge on any atom is 0.163 e. The number of carboxylic acid groups (broad SMARTS) is 1. The van der Waals surface area contributed by atoms with Crippen LogP contribution >= 0.6 is 11.6 Å². The highest BCUT2D eigenvalue weighted by Crippen LogP contribution is 2.24. The Morgan fingerprint density at radius 3 is 2.35 bits per heavy atom. The molecule has 2 rings (SSSR count). The van der Waals surface area contributed by atoms with Crippen LogP contribution in [-0.2, 0) is 4.79 Å². The zero-order valence-corrected chi connectivity index (χ0v) is 11.3. The van der Waals surface area contributed by atoms with Crippen LogP contribution in [0.25, 0.3) is 0 Å². The fraction of sp³-hybridized carbons (Fsp3) is 0.125. The molecule has 0 unspecified atom stereocenters. The van der Waals surface area contributed by atoms with Crippen LogP contribution in [0.4, 0.5) is 0 Å². The molecule has 0 aliphatic rings. The number of Topliss-reactive ketones (excluding diaryl/α,β-unsaturated/α-hetero) is 1. The Bertz CT molecular complexity index is 623. The smallest absolute Gasteiger partial charge is 0.163 e. The van der Waals surface area contributed by atoms with Gasteiger partial charge < -0.3 is 9.90 Å². The van der Waals surface area contributed by atoms with E-state index in [1.807, 2.05) is 0 Å². The fourth-order valence-electron chi connectivity index (χ4n) is 1.99. The van der Waals surface area contributed by atoms with Gasteiger partial charge >= 0.3 is 0 Å². The first-order valence-corrected chi connectivity index (χ1v) is 6.50. The van der Waals surface area contributed by atoms with E-state index in [0.717, 1.165) is 0 Å².